The third kappa shape index (κ3) is 16.0. The Kier molecular flexibility index (Phi) is 20.3. The second kappa shape index (κ2) is 21.2. The van der Waals surface area contributed by atoms with Gasteiger partial charge in [0.05, 0.1) is 11.9 Å². The van der Waals surface area contributed by atoms with Crippen LogP contribution in [-0.4, -0.2) is 47.6 Å². The molecule has 0 aliphatic rings. The maximum atomic E-state index is 13.0. The Bertz CT molecular complexity index is 597. The summed E-state index contributed by atoms with van der Waals surface area (Å²) in [5.74, 6) is -1.36. The molecule has 1 N–H and O–H groups in total. The third-order valence-corrected chi connectivity index (χ3v) is 5.97. The maximum absolute atomic E-state index is 13.0. The van der Waals surface area contributed by atoms with Crippen molar-refractivity contribution in [3.63, 3.8) is 0 Å². The number of unbranched alkanes of at least 4 members (excludes halogenated alkanes) is 10. The SMILES string of the molecule is CCCCCCCCN(CCCCCCCC)[C@@H](Cc1ccccc1)C(=O)[N-]CC(=O)O.[Cu+]. The molecule has 0 aliphatic carbocycles. The normalized spacial score (nSPS) is 11.7. The van der Waals surface area contributed by atoms with Crippen molar-refractivity contribution in [3.05, 3.63) is 41.2 Å². The first-order valence-corrected chi connectivity index (χ1v) is 12.8. The van der Waals surface area contributed by atoms with Gasteiger partial charge >= 0.3 is 17.1 Å². The fourth-order valence-corrected chi connectivity index (χ4v) is 4.07. The Morgan fingerprint density at radius 3 is 1.79 bits per heavy atom. The minimum Gasteiger partial charge on any atom is -0.643 e. The Morgan fingerprint density at radius 1 is 0.818 bits per heavy atom. The van der Waals surface area contributed by atoms with Crippen molar-refractivity contribution in [2.75, 3.05) is 19.6 Å². The quantitative estimate of drug-likeness (QED) is 0.159. The van der Waals surface area contributed by atoms with Crippen molar-refractivity contribution < 1.29 is 31.8 Å². The van der Waals surface area contributed by atoms with Crippen molar-refractivity contribution in [1.29, 1.82) is 0 Å². The first-order valence-electron chi connectivity index (χ1n) is 12.8. The number of rotatable bonds is 20. The molecular weight excluding hydrogens is 464 g/mol. The molecule has 0 saturated heterocycles. The van der Waals surface area contributed by atoms with Gasteiger partial charge in [-0.1, -0.05) is 108 Å². The van der Waals surface area contributed by atoms with Gasteiger partial charge in [0.15, 0.2) is 0 Å². The van der Waals surface area contributed by atoms with Crippen LogP contribution in [0.25, 0.3) is 5.32 Å². The van der Waals surface area contributed by atoms with Crippen LogP contribution >= 0.6 is 0 Å². The molecule has 1 amide bonds. The van der Waals surface area contributed by atoms with E-state index in [1.165, 1.54) is 64.2 Å². The second-order valence-electron chi connectivity index (χ2n) is 8.83. The topological polar surface area (TPSA) is 71.7 Å². The number of carbonyl (C=O) groups is 2. The molecular formula is C27H45CuN2O3. The van der Waals surface area contributed by atoms with Gasteiger partial charge in [-0.05, 0) is 44.5 Å². The Morgan fingerprint density at radius 2 is 1.30 bits per heavy atom. The number of nitrogens with zero attached hydrogens (tertiary/aromatic N) is 2. The third-order valence-electron chi connectivity index (χ3n) is 5.97. The molecule has 0 bridgehead atoms. The van der Waals surface area contributed by atoms with E-state index in [2.05, 4.69) is 24.1 Å². The summed E-state index contributed by atoms with van der Waals surface area (Å²) in [6.07, 6.45) is 15.1. The molecule has 0 saturated carbocycles. The van der Waals surface area contributed by atoms with E-state index in [1.54, 1.807) is 0 Å². The molecule has 1 atom stereocenters. The number of carboxylic acid groups (broad SMARTS) is 1. The van der Waals surface area contributed by atoms with Crippen molar-refractivity contribution in [2.45, 2.75) is 103 Å². The van der Waals surface area contributed by atoms with Gasteiger partial charge in [0.1, 0.15) is 0 Å². The predicted molar refractivity (Wildman–Crippen MR) is 133 cm³/mol. The summed E-state index contributed by atoms with van der Waals surface area (Å²) in [5.41, 5.74) is 1.09. The molecule has 0 radical (unpaired) electrons. The van der Waals surface area contributed by atoms with E-state index < -0.39 is 12.5 Å². The summed E-state index contributed by atoms with van der Waals surface area (Å²) in [7, 11) is 0. The number of aliphatic carboxylic acids is 1. The summed E-state index contributed by atoms with van der Waals surface area (Å²) in [4.78, 5) is 26.2. The van der Waals surface area contributed by atoms with E-state index in [-0.39, 0.29) is 29.0 Å². The molecule has 0 fully saturated rings. The van der Waals surface area contributed by atoms with Gasteiger partial charge in [0.2, 0.25) is 0 Å². The Labute approximate surface area is 212 Å². The molecule has 0 aliphatic heterocycles. The van der Waals surface area contributed by atoms with Gasteiger partial charge < -0.3 is 15.2 Å². The second-order valence-corrected chi connectivity index (χ2v) is 8.83. The smallest absolute Gasteiger partial charge is 0.643 e. The summed E-state index contributed by atoms with van der Waals surface area (Å²) in [5, 5.41) is 12.9. The largest absolute Gasteiger partial charge is 1.00 e. The van der Waals surface area contributed by atoms with Crippen molar-refractivity contribution in [1.82, 2.24) is 4.90 Å². The summed E-state index contributed by atoms with van der Waals surface area (Å²) in [6.45, 7) is 5.73. The van der Waals surface area contributed by atoms with Crippen LogP contribution in [-0.2, 0) is 33.1 Å². The van der Waals surface area contributed by atoms with Crippen LogP contribution in [0.4, 0.5) is 0 Å². The van der Waals surface area contributed by atoms with Gasteiger partial charge in [0.25, 0.3) is 5.97 Å². The monoisotopic (exact) mass is 508 g/mol. The zero-order valence-electron chi connectivity index (χ0n) is 20.7. The Hall–Kier alpha value is -1.36. The zero-order valence-corrected chi connectivity index (χ0v) is 21.7. The van der Waals surface area contributed by atoms with Gasteiger partial charge in [-0.2, -0.15) is 0 Å². The molecule has 1 aromatic rings. The molecule has 6 heteroatoms. The fourth-order valence-electron chi connectivity index (χ4n) is 4.07. The van der Waals surface area contributed by atoms with Crippen LogP contribution in [0.2, 0.25) is 0 Å². The molecule has 192 valence electrons. The number of carbonyl (C=O) groups excluding carboxylic acids is 1. The molecule has 0 unspecified atom stereocenters. The van der Waals surface area contributed by atoms with Crippen LogP contribution in [0.5, 0.6) is 0 Å². The average molecular weight is 509 g/mol. The predicted octanol–water partition coefficient (Wildman–Crippen LogP) is 6.60. The minimum absolute atomic E-state index is 0. The number of benzene rings is 1. The molecule has 0 spiro atoms. The minimum atomic E-state index is -1.06. The number of carboxylic acids is 1. The number of hydrogen-bond donors (Lipinski definition) is 1. The molecule has 0 aromatic heterocycles. The molecule has 5 nitrogen and oxygen atoms in total. The zero-order chi connectivity index (χ0) is 23.4. The van der Waals surface area contributed by atoms with E-state index in [0.29, 0.717) is 6.42 Å². The summed E-state index contributed by atoms with van der Waals surface area (Å²) < 4.78 is 0. The van der Waals surface area contributed by atoms with Crippen molar-refractivity contribution in [3.8, 4) is 0 Å². The van der Waals surface area contributed by atoms with E-state index >= 15 is 0 Å². The summed E-state index contributed by atoms with van der Waals surface area (Å²) >= 11 is 0. The van der Waals surface area contributed by atoms with E-state index in [4.69, 9.17) is 5.11 Å². The number of amides is 1. The summed E-state index contributed by atoms with van der Waals surface area (Å²) in [6, 6.07) is 9.62. The molecule has 0 heterocycles. The molecule has 1 aromatic carbocycles. The van der Waals surface area contributed by atoms with E-state index in [9.17, 15) is 9.59 Å². The van der Waals surface area contributed by atoms with Crippen LogP contribution in [0.15, 0.2) is 30.3 Å². The van der Waals surface area contributed by atoms with Crippen LogP contribution in [0.3, 0.4) is 0 Å². The van der Waals surface area contributed by atoms with E-state index in [0.717, 1.165) is 31.5 Å². The van der Waals surface area contributed by atoms with Crippen molar-refractivity contribution in [2.24, 2.45) is 0 Å². The van der Waals surface area contributed by atoms with E-state index in [1.807, 2.05) is 30.3 Å². The molecule has 1 rings (SSSR count). The van der Waals surface area contributed by atoms with Gasteiger partial charge in [-0.3, -0.25) is 9.69 Å². The van der Waals surface area contributed by atoms with Crippen LogP contribution in [0, 0.1) is 0 Å². The van der Waals surface area contributed by atoms with Gasteiger partial charge in [0, 0.05) is 0 Å². The average Bonchev–Trinajstić information content (AvgIpc) is 2.80. The fraction of sp³-hybridized carbons (Fsp3) is 0.704. The van der Waals surface area contributed by atoms with Gasteiger partial charge in [-0.25, -0.2) is 0 Å². The van der Waals surface area contributed by atoms with Crippen LogP contribution < -0.4 is 0 Å². The maximum Gasteiger partial charge on any atom is 1.00 e. The van der Waals surface area contributed by atoms with Crippen LogP contribution in [0.1, 0.15) is 96.5 Å². The van der Waals surface area contributed by atoms with Gasteiger partial charge in [-0.15, -0.1) is 0 Å². The van der Waals surface area contributed by atoms with Crippen molar-refractivity contribution >= 4 is 11.9 Å². The standard InChI is InChI=1S/C27H46N2O3.Cu/c1-3-5-7-9-11-16-20-29(21-17-12-10-8-6-4-2)25(27(32)28-23-26(30)31)22-24-18-14-13-15-19-24;/h13-15,18-19,25H,3-12,16-17,20-23H2,1-2H3,(H2,28,30,31,32);/q;+1/p-1/t25-;/m0./s1. The first kappa shape index (κ1) is 31.6. The Balaban J connectivity index is 0.0000102. The molecule has 33 heavy (non-hydrogen) atoms. The number of hydrogen-bond acceptors (Lipinski definition) is 3. The first-order chi connectivity index (χ1) is 15.6.